The fraction of sp³-hybridized carbons (Fsp3) is 0.579. The van der Waals surface area contributed by atoms with Crippen molar-refractivity contribution < 1.29 is 24.1 Å². The predicted octanol–water partition coefficient (Wildman–Crippen LogP) is 2.22. The van der Waals surface area contributed by atoms with Gasteiger partial charge in [0.25, 0.3) is 0 Å². The van der Waals surface area contributed by atoms with Crippen molar-refractivity contribution in [3.63, 3.8) is 0 Å². The normalized spacial score (nSPS) is 30.8. The summed E-state index contributed by atoms with van der Waals surface area (Å²) in [6.07, 6.45) is 3.10. The van der Waals surface area contributed by atoms with Gasteiger partial charge in [-0.3, -0.25) is 4.90 Å². The van der Waals surface area contributed by atoms with E-state index in [1.807, 2.05) is 6.07 Å². The van der Waals surface area contributed by atoms with E-state index in [1.165, 1.54) is 5.57 Å². The van der Waals surface area contributed by atoms with Crippen molar-refractivity contribution in [1.82, 2.24) is 4.90 Å². The van der Waals surface area contributed by atoms with Crippen LogP contribution < -0.4 is 14.2 Å². The van der Waals surface area contributed by atoms with E-state index in [0.717, 1.165) is 24.9 Å². The monoisotopic (exact) mass is 347 g/mol. The maximum atomic E-state index is 10.7. The number of benzene rings is 1. The smallest absolute Gasteiger partial charge is 0.203 e. The minimum absolute atomic E-state index is 0.0559. The summed E-state index contributed by atoms with van der Waals surface area (Å²) in [6, 6.07) is 2.27. The number of methoxy groups -OCH3 is 3. The molecule has 0 aromatic heterocycles. The molecule has 6 nitrogen and oxygen atoms in total. The zero-order valence-corrected chi connectivity index (χ0v) is 15.1. The van der Waals surface area contributed by atoms with Crippen molar-refractivity contribution in [2.75, 3.05) is 34.9 Å². The fourth-order valence-electron chi connectivity index (χ4n) is 4.69. The Morgan fingerprint density at radius 1 is 1.16 bits per heavy atom. The number of ether oxygens (including phenoxy) is 4. The van der Waals surface area contributed by atoms with Gasteiger partial charge in [-0.2, -0.15) is 0 Å². The topological polar surface area (TPSA) is 60.4 Å². The number of hydrogen-bond donors (Lipinski definition) is 1. The number of aliphatic hydroxyl groups excluding tert-OH is 1. The van der Waals surface area contributed by atoms with Crippen LogP contribution in [0.3, 0.4) is 0 Å². The van der Waals surface area contributed by atoms with Crippen LogP contribution >= 0.6 is 0 Å². The van der Waals surface area contributed by atoms with Gasteiger partial charge in [-0.15, -0.1) is 0 Å². The SMILES string of the molecule is COc1cc2c(c(OC)c1OC)C(O)OC1CC=C3CCN(C)C3C21. The Balaban J connectivity index is 1.93. The van der Waals surface area contributed by atoms with Crippen molar-refractivity contribution in [2.45, 2.75) is 37.2 Å². The second kappa shape index (κ2) is 6.20. The molecule has 1 N–H and O–H groups in total. The molecule has 4 unspecified atom stereocenters. The standard InChI is InChI=1S/C19H25NO5/c1-20-8-7-10-5-6-12-14(16(10)20)11-9-13(22-2)17(23-3)18(24-4)15(11)19(21)25-12/h5,9,12,14,16,19,21H,6-8H2,1-4H3. The molecule has 0 bridgehead atoms. The van der Waals surface area contributed by atoms with E-state index in [4.69, 9.17) is 18.9 Å². The minimum atomic E-state index is -1.03. The molecule has 4 atom stereocenters. The average molecular weight is 347 g/mol. The van der Waals surface area contributed by atoms with Crippen LogP contribution in [0.1, 0.15) is 36.2 Å². The number of likely N-dealkylation sites (N-methyl/N-ethyl adjacent to an activating group) is 1. The molecule has 1 aliphatic carbocycles. The molecule has 1 aromatic rings. The Morgan fingerprint density at radius 3 is 2.60 bits per heavy atom. The van der Waals surface area contributed by atoms with E-state index >= 15 is 0 Å². The maximum Gasteiger partial charge on any atom is 0.203 e. The molecule has 25 heavy (non-hydrogen) atoms. The van der Waals surface area contributed by atoms with Gasteiger partial charge in [-0.05, 0) is 31.5 Å². The average Bonchev–Trinajstić information content (AvgIpc) is 3.00. The maximum absolute atomic E-state index is 10.7. The zero-order valence-electron chi connectivity index (χ0n) is 15.1. The van der Waals surface area contributed by atoms with E-state index in [1.54, 1.807) is 21.3 Å². The molecule has 6 heteroatoms. The number of aliphatic hydroxyl groups is 1. The molecular weight excluding hydrogens is 322 g/mol. The number of fused-ring (bicyclic) bond motifs is 5. The van der Waals surface area contributed by atoms with E-state index in [9.17, 15) is 5.11 Å². The third-order valence-electron chi connectivity index (χ3n) is 5.77. The molecule has 2 heterocycles. The quantitative estimate of drug-likeness (QED) is 0.846. The first kappa shape index (κ1) is 16.7. The number of likely N-dealkylation sites (tertiary alicyclic amines) is 1. The molecule has 0 radical (unpaired) electrons. The number of hydrogen-bond acceptors (Lipinski definition) is 6. The van der Waals surface area contributed by atoms with Crippen LogP contribution in [0.2, 0.25) is 0 Å². The highest BCUT2D eigenvalue weighted by Crippen LogP contribution is 2.54. The van der Waals surface area contributed by atoms with Gasteiger partial charge in [0.1, 0.15) is 0 Å². The summed E-state index contributed by atoms with van der Waals surface area (Å²) in [7, 11) is 6.91. The first-order chi connectivity index (χ1) is 12.1. The van der Waals surface area contributed by atoms with Gasteiger partial charge < -0.3 is 24.1 Å². The summed E-state index contributed by atoms with van der Waals surface area (Å²) in [6.45, 7) is 1.04. The summed E-state index contributed by atoms with van der Waals surface area (Å²) in [5.74, 6) is 1.72. The molecular formula is C19H25NO5. The highest BCUT2D eigenvalue weighted by molar-refractivity contribution is 5.62. The Kier molecular flexibility index (Phi) is 4.14. The van der Waals surface area contributed by atoms with Crippen molar-refractivity contribution in [1.29, 1.82) is 0 Å². The van der Waals surface area contributed by atoms with Crippen LogP contribution in [0.4, 0.5) is 0 Å². The van der Waals surface area contributed by atoms with Gasteiger partial charge in [-0.1, -0.05) is 11.6 Å². The van der Waals surface area contributed by atoms with Crippen molar-refractivity contribution >= 4 is 0 Å². The van der Waals surface area contributed by atoms with E-state index < -0.39 is 6.29 Å². The number of rotatable bonds is 3. The molecule has 1 aromatic carbocycles. The molecule has 0 amide bonds. The summed E-state index contributed by atoms with van der Waals surface area (Å²) in [5.41, 5.74) is 3.15. The van der Waals surface area contributed by atoms with Crippen molar-refractivity contribution in [2.24, 2.45) is 0 Å². The largest absolute Gasteiger partial charge is 0.493 e. The van der Waals surface area contributed by atoms with Gasteiger partial charge in [0.05, 0.1) is 33.0 Å². The lowest BCUT2D eigenvalue weighted by atomic mass is 9.74. The predicted molar refractivity (Wildman–Crippen MR) is 92.4 cm³/mol. The Bertz CT molecular complexity index is 716. The van der Waals surface area contributed by atoms with Crippen LogP contribution in [-0.4, -0.2) is 57.1 Å². The lowest BCUT2D eigenvalue weighted by Gasteiger charge is -2.44. The van der Waals surface area contributed by atoms with Crippen LogP contribution in [0.5, 0.6) is 17.2 Å². The van der Waals surface area contributed by atoms with Gasteiger partial charge in [0, 0.05) is 18.5 Å². The number of nitrogens with zero attached hydrogens (tertiary/aromatic N) is 1. The summed E-state index contributed by atoms with van der Waals surface area (Å²) >= 11 is 0. The lowest BCUT2D eigenvalue weighted by Crippen LogP contribution is -2.45. The fourth-order valence-corrected chi connectivity index (χ4v) is 4.69. The van der Waals surface area contributed by atoms with Crippen LogP contribution in [0, 0.1) is 0 Å². The first-order valence-corrected chi connectivity index (χ1v) is 8.66. The second-order valence-electron chi connectivity index (χ2n) is 6.89. The Hall–Kier alpha value is -1.76. The van der Waals surface area contributed by atoms with Gasteiger partial charge in [0.2, 0.25) is 5.75 Å². The Labute approximate surface area is 147 Å². The van der Waals surface area contributed by atoms with Crippen molar-refractivity contribution in [3.05, 3.63) is 28.8 Å². The van der Waals surface area contributed by atoms with E-state index in [0.29, 0.717) is 22.8 Å². The first-order valence-electron chi connectivity index (χ1n) is 8.66. The van der Waals surface area contributed by atoms with Gasteiger partial charge >= 0.3 is 0 Å². The van der Waals surface area contributed by atoms with Gasteiger partial charge in [0.15, 0.2) is 17.8 Å². The molecule has 136 valence electrons. The highest BCUT2D eigenvalue weighted by atomic mass is 16.6. The molecule has 1 saturated heterocycles. The van der Waals surface area contributed by atoms with E-state index in [-0.39, 0.29) is 18.1 Å². The molecule has 0 spiro atoms. The van der Waals surface area contributed by atoms with Gasteiger partial charge in [-0.25, -0.2) is 0 Å². The van der Waals surface area contributed by atoms with Crippen molar-refractivity contribution in [3.8, 4) is 17.2 Å². The molecule has 3 aliphatic rings. The molecule has 4 rings (SSSR count). The third kappa shape index (κ3) is 2.35. The molecule has 0 saturated carbocycles. The third-order valence-corrected chi connectivity index (χ3v) is 5.77. The minimum Gasteiger partial charge on any atom is -0.493 e. The lowest BCUT2D eigenvalue weighted by molar-refractivity contribution is -0.163. The van der Waals surface area contributed by atoms with Crippen LogP contribution in [0.15, 0.2) is 17.7 Å². The molecule has 1 fully saturated rings. The summed E-state index contributed by atoms with van der Waals surface area (Å²) in [4.78, 5) is 2.37. The van der Waals surface area contributed by atoms with Crippen LogP contribution in [0.25, 0.3) is 0 Å². The summed E-state index contributed by atoms with van der Waals surface area (Å²) in [5, 5.41) is 10.7. The second-order valence-corrected chi connectivity index (χ2v) is 6.89. The Morgan fingerprint density at radius 2 is 1.92 bits per heavy atom. The van der Waals surface area contributed by atoms with E-state index in [2.05, 4.69) is 18.0 Å². The van der Waals surface area contributed by atoms with Crippen LogP contribution in [-0.2, 0) is 4.74 Å². The summed E-state index contributed by atoms with van der Waals surface area (Å²) < 4.78 is 22.6. The highest BCUT2D eigenvalue weighted by Gasteiger charge is 2.48. The molecule has 2 aliphatic heterocycles. The zero-order chi connectivity index (χ0) is 17.7.